The Hall–Kier alpha value is -2.75. The molecule has 4 heteroatoms. The van der Waals surface area contributed by atoms with Crippen LogP contribution in [0.4, 0.5) is 0 Å². The summed E-state index contributed by atoms with van der Waals surface area (Å²) < 4.78 is 0. The monoisotopic (exact) mass is 315 g/mol. The summed E-state index contributed by atoms with van der Waals surface area (Å²) >= 11 is 0. The first-order valence-corrected chi connectivity index (χ1v) is 8.42. The summed E-state index contributed by atoms with van der Waals surface area (Å²) in [6, 6.07) is 14.4. The number of hydrogen-bond donors (Lipinski definition) is 0. The predicted octanol–water partition coefficient (Wildman–Crippen LogP) is 3.53. The van der Waals surface area contributed by atoms with E-state index in [-0.39, 0.29) is 18.0 Å². The Kier molecular flexibility index (Phi) is 2.92. The number of aromatic nitrogens is 2. The van der Waals surface area contributed by atoms with Crippen LogP contribution < -0.4 is 0 Å². The summed E-state index contributed by atoms with van der Waals surface area (Å²) in [6.45, 7) is 0. The molecule has 0 aliphatic carbocycles. The molecule has 0 radical (unpaired) electrons. The minimum atomic E-state index is 0.117. The van der Waals surface area contributed by atoms with Crippen molar-refractivity contribution in [1.29, 1.82) is 0 Å². The summed E-state index contributed by atoms with van der Waals surface area (Å²) in [5, 5.41) is 2.14. The van der Waals surface area contributed by atoms with Gasteiger partial charge >= 0.3 is 0 Å². The average Bonchev–Trinajstić information content (AvgIpc) is 2.95. The molecule has 2 aliphatic rings. The van der Waals surface area contributed by atoms with Gasteiger partial charge in [-0.05, 0) is 29.7 Å². The Balaban J connectivity index is 1.61. The Morgan fingerprint density at radius 2 is 1.96 bits per heavy atom. The molecule has 0 spiro atoms. The number of fused-ring (bicyclic) bond motifs is 5. The van der Waals surface area contributed by atoms with E-state index >= 15 is 0 Å². The standard InChI is InChI=1S/C20H17N3O/c24-20(16-7-3-5-13-4-1-2-6-15(13)16)23-14-8-9-19(23)17-11-21-12-22-18(17)10-14/h1-7,11-12,14,19H,8-10H2. The second-order valence-corrected chi connectivity index (χ2v) is 6.62. The minimum absolute atomic E-state index is 0.117. The Bertz CT molecular complexity index is 947. The second-order valence-electron chi connectivity index (χ2n) is 6.62. The van der Waals surface area contributed by atoms with Crippen molar-refractivity contribution in [2.24, 2.45) is 0 Å². The number of hydrogen-bond acceptors (Lipinski definition) is 3. The molecule has 3 aromatic rings. The second kappa shape index (κ2) is 5.13. The minimum Gasteiger partial charge on any atom is -0.328 e. The van der Waals surface area contributed by atoms with Gasteiger partial charge in [-0.25, -0.2) is 9.97 Å². The van der Waals surface area contributed by atoms with Crippen molar-refractivity contribution in [2.75, 3.05) is 0 Å². The van der Waals surface area contributed by atoms with Gasteiger partial charge in [-0.1, -0.05) is 36.4 Å². The van der Waals surface area contributed by atoms with Gasteiger partial charge in [0.2, 0.25) is 0 Å². The van der Waals surface area contributed by atoms with E-state index in [1.54, 1.807) is 6.33 Å². The molecule has 1 amide bonds. The molecule has 2 unspecified atom stereocenters. The zero-order valence-corrected chi connectivity index (χ0v) is 13.2. The van der Waals surface area contributed by atoms with Crippen molar-refractivity contribution in [3.8, 4) is 0 Å². The summed E-state index contributed by atoms with van der Waals surface area (Å²) in [4.78, 5) is 24.1. The molecule has 2 aromatic carbocycles. The van der Waals surface area contributed by atoms with Gasteiger partial charge in [-0.3, -0.25) is 4.79 Å². The zero-order valence-electron chi connectivity index (χ0n) is 13.2. The van der Waals surface area contributed by atoms with Gasteiger partial charge in [0.15, 0.2) is 0 Å². The molecule has 1 aromatic heterocycles. The molecular weight excluding hydrogens is 298 g/mol. The summed E-state index contributed by atoms with van der Waals surface area (Å²) in [6.07, 6.45) is 6.38. The number of benzene rings is 2. The van der Waals surface area contributed by atoms with E-state index in [9.17, 15) is 4.79 Å². The van der Waals surface area contributed by atoms with Crippen molar-refractivity contribution >= 4 is 16.7 Å². The van der Waals surface area contributed by atoms with Crippen molar-refractivity contribution in [2.45, 2.75) is 31.3 Å². The van der Waals surface area contributed by atoms with E-state index in [0.29, 0.717) is 0 Å². The van der Waals surface area contributed by atoms with Gasteiger partial charge in [-0.15, -0.1) is 0 Å². The van der Waals surface area contributed by atoms with Crippen LogP contribution in [0.25, 0.3) is 10.8 Å². The molecular formula is C20H17N3O. The Morgan fingerprint density at radius 1 is 1.08 bits per heavy atom. The highest BCUT2D eigenvalue weighted by molar-refractivity contribution is 6.07. The van der Waals surface area contributed by atoms with Gasteiger partial charge in [-0.2, -0.15) is 0 Å². The summed E-state index contributed by atoms with van der Waals surface area (Å²) in [7, 11) is 0. The molecule has 2 atom stereocenters. The quantitative estimate of drug-likeness (QED) is 0.690. The highest BCUT2D eigenvalue weighted by atomic mass is 16.2. The number of rotatable bonds is 1. The molecule has 24 heavy (non-hydrogen) atoms. The average molecular weight is 315 g/mol. The highest BCUT2D eigenvalue weighted by Gasteiger charge is 2.43. The fourth-order valence-electron chi connectivity index (χ4n) is 4.28. The van der Waals surface area contributed by atoms with Crippen molar-refractivity contribution in [3.05, 3.63) is 71.8 Å². The maximum atomic E-state index is 13.4. The van der Waals surface area contributed by atoms with Crippen molar-refractivity contribution in [1.82, 2.24) is 14.9 Å². The lowest BCUT2D eigenvalue weighted by molar-refractivity contribution is 0.0646. The smallest absolute Gasteiger partial charge is 0.255 e. The van der Waals surface area contributed by atoms with Crippen LogP contribution in [-0.2, 0) is 6.42 Å². The first-order chi connectivity index (χ1) is 11.8. The van der Waals surface area contributed by atoms with Crippen LogP contribution in [0.15, 0.2) is 55.0 Å². The van der Waals surface area contributed by atoms with Crippen LogP contribution in [0.3, 0.4) is 0 Å². The predicted molar refractivity (Wildman–Crippen MR) is 91.6 cm³/mol. The van der Waals surface area contributed by atoms with Gasteiger partial charge in [0.25, 0.3) is 5.91 Å². The highest BCUT2D eigenvalue weighted by Crippen LogP contribution is 2.43. The lowest BCUT2D eigenvalue weighted by Crippen LogP contribution is -2.42. The molecule has 4 nitrogen and oxygen atoms in total. The fourth-order valence-corrected chi connectivity index (χ4v) is 4.28. The molecule has 0 N–H and O–H groups in total. The van der Waals surface area contributed by atoms with Gasteiger partial charge < -0.3 is 4.90 Å². The summed E-state index contributed by atoms with van der Waals surface area (Å²) in [5.74, 6) is 0.133. The third-order valence-electron chi connectivity index (χ3n) is 5.37. The first-order valence-electron chi connectivity index (χ1n) is 8.42. The van der Waals surface area contributed by atoms with E-state index in [2.05, 4.69) is 27.0 Å². The fraction of sp³-hybridized carbons (Fsp3) is 0.250. The maximum absolute atomic E-state index is 13.4. The van der Waals surface area contributed by atoms with Crippen LogP contribution in [0.2, 0.25) is 0 Å². The lowest BCUT2D eigenvalue weighted by Gasteiger charge is -2.35. The van der Waals surface area contributed by atoms with Crippen molar-refractivity contribution in [3.63, 3.8) is 0 Å². The molecule has 3 heterocycles. The molecule has 2 bridgehead atoms. The zero-order chi connectivity index (χ0) is 16.1. The molecule has 5 rings (SSSR count). The van der Waals surface area contributed by atoms with E-state index < -0.39 is 0 Å². The third kappa shape index (κ3) is 1.89. The number of carbonyl (C=O) groups is 1. The largest absolute Gasteiger partial charge is 0.328 e. The molecule has 118 valence electrons. The third-order valence-corrected chi connectivity index (χ3v) is 5.37. The van der Waals surface area contributed by atoms with E-state index in [4.69, 9.17) is 0 Å². The van der Waals surface area contributed by atoms with Crippen molar-refractivity contribution < 1.29 is 4.79 Å². The summed E-state index contributed by atoms with van der Waals surface area (Å²) in [5.41, 5.74) is 3.03. The van der Waals surface area contributed by atoms with E-state index in [0.717, 1.165) is 46.9 Å². The Morgan fingerprint density at radius 3 is 2.92 bits per heavy atom. The molecule has 2 aliphatic heterocycles. The number of amides is 1. The van der Waals surface area contributed by atoms with E-state index in [1.165, 1.54) is 0 Å². The van der Waals surface area contributed by atoms with Crippen LogP contribution in [-0.4, -0.2) is 26.8 Å². The first kappa shape index (κ1) is 13.7. The van der Waals surface area contributed by atoms with Crippen LogP contribution in [0.5, 0.6) is 0 Å². The topological polar surface area (TPSA) is 46.1 Å². The molecule has 1 saturated heterocycles. The number of carbonyl (C=O) groups excluding carboxylic acids is 1. The van der Waals surface area contributed by atoms with Crippen LogP contribution in [0, 0.1) is 0 Å². The van der Waals surface area contributed by atoms with E-state index in [1.807, 2.05) is 36.5 Å². The SMILES string of the molecule is O=C(c1cccc2ccccc12)N1C2CCC1c1cncnc1C2. The van der Waals surface area contributed by atoms with Gasteiger partial charge in [0.05, 0.1) is 11.7 Å². The van der Waals surface area contributed by atoms with Crippen LogP contribution >= 0.6 is 0 Å². The van der Waals surface area contributed by atoms with Crippen LogP contribution in [0.1, 0.15) is 40.5 Å². The number of nitrogens with zero attached hydrogens (tertiary/aromatic N) is 3. The van der Waals surface area contributed by atoms with Gasteiger partial charge in [0.1, 0.15) is 6.33 Å². The Labute approximate surface area is 140 Å². The normalized spacial score (nSPS) is 21.8. The van der Waals surface area contributed by atoms with Gasteiger partial charge in [0, 0.05) is 29.8 Å². The molecule has 1 fully saturated rings. The maximum Gasteiger partial charge on any atom is 0.255 e. The lowest BCUT2D eigenvalue weighted by atomic mass is 9.97. The molecule has 0 saturated carbocycles.